The SMILES string of the molecule is CCCCCCc1ccc(C2CCc3c(cc(F)c(O)c3F)C2(F)F)c(F)c1F. The molecular weight excluding hydrogens is 394 g/mol. The Balaban J connectivity index is 1.94. The molecule has 2 aromatic carbocycles. The van der Waals surface area contributed by atoms with E-state index >= 15 is 8.78 Å². The molecule has 0 heterocycles. The van der Waals surface area contributed by atoms with Crippen molar-refractivity contribution in [1.29, 1.82) is 0 Å². The number of hydrogen-bond donors (Lipinski definition) is 1. The number of aryl methyl sites for hydroxylation is 1. The molecule has 158 valence electrons. The van der Waals surface area contributed by atoms with Gasteiger partial charge in [-0.2, -0.15) is 0 Å². The summed E-state index contributed by atoms with van der Waals surface area (Å²) in [6, 6.07) is 2.82. The molecule has 2 aromatic rings. The summed E-state index contributed by atoms with van der Waals surface area (Å²) in [5.41, 5.74) is -1.82. The molecule has 0 saturated heterocycles. The molecule has 1 N–H and O–H groups in total. The molecule has 0 saturated carbocycles. The van der Waals surface area contributed by atoms with Crippen LogP contribution in [-0.2, 0) is 18.8 Å². The van der Waals surface area contributed by atoms with Crippen LogP contribution in [0.1, 0.15) is 67.2 Å². The quantitative estimate of drug-likeness (QED) is 0.401. The van der Waals surface area contributed by atoms with Gasteiger partial charge < -0.3 is 5.11 Å². The minimum absolute atomic E-state index is 0.129. The van der Waals surface area contributed by atoms with E-state index in [1.165, 1.54) is 6.07 Å². The first kappa shape index (κ1) is 21.5. The molecule has 3 rings (SSSR count). The first-order valence-corrected chi connectivity index (χ1v) is 9.75. The highest BCUT2D eigenvalue weighted by atomic mass is 19.3. The average Bonchev–Trinajstić information content (AvgIpc) is 2.68. The van der Waals surface area contributed by atoms with Crippen LogP contribution in [0.2, 0.25) is 0 Å². The van der Waals surface area contributed by atoms with Gasteiger partial charge in [0.2, 0.25) is 0 Å². The minimum atomic E-state index is -3.82. The summed E-state index contributed by atoms with van der Waals surface area (Å²) in [7, 11) is 0. The fourth-order valence-corrected chi connectivity index (χ4v) is 4.01. The first-order chi connectivity index (χ1) is 13.7. The predicted octanol–water partition coefficient (Wildman–Crippen LogP) is 6.89. The van der Waals surface area contributed by atoms with E-state index in [4.69, 9.17) is 0 Å². The van der Waals surface area contributed by atoms with E-state index in [0.29, 0.717) is 18.9 Å². The number of alkyl halides is 2. The van der Waals surface area contributed by atoms with Gasteiger partial charge in [0.15, 0.2) is 29.0 Å². The fraction of sp³-hybridized carbons (Fsp3) is 0.455. The maximum Gasteiger partial charge on any atom is 0.280 e. The van der Waals surface area contributed by atoms with Crippen LogP contribution >= 0.6 is 0 Å². The molecule has 1 aliphatic carbocycles. The van der Waals surface area contributed by atoms with E-state index in [-0.39, 0.29) is 18.4 Å². The van der Waals surface area contributed by atoms with Crippen molar-refractivity contribution in [2.75, 3.05) is 0 Å². The van der Waals surface area contributed by atoms with Crippen molar-refractivity contribution in [2.45, 2.75) is 63.7 Å². The van der Waals surface area contributed by atoms with Crippen molar-refractivity contribution in [3.8, 4) is 5.75 Å². The second-order valence-corrected chi connectivity index (χ2v) is 7.51. The molecule has 29 heavy (non-hydrogen) atoms. The Labute approximate surface area is 165 Å². The summed E-state index contributed by atoms with van der Waals surface area (Å²) in [5, 5.41) is 9.33. The van der Waals surface area contributed by atoms with Gasteiger partial charge in [0, 0.05) is 16.7 Å². The maximum atomic E-state index is 15.0. The summed E-state index contributed by atoms with van der Waals surface area (Å²) in [4.78, 5) is 0. The van der Waals surface area contributed by atoms with Crippen LogP contribution in [0.25, 0.3) is 0 Å². The van der Waals surface area contributed by atoms with Crippen molar-refractivity contribution in [2.24, 2.45) is 0 Å². The van der Waals surface area contributed by atoms with Crippen LogP contribution in [0.3, 0.4) is 0 Å². The Morgan fingerprint density at radius 2 is 1.72 bits per heavy atom. The highest BCUT2D eigenvalue weighted by molar-refractivity contribution is 5.45. The predicted molar refractivity (Wildman–Crippen MR) is 97.2 cm³/mol. The largest absolute Gasteiger partial charge is 0.503 e. The fourth-order valence-electron chi connectivity index (χ4n) is 4.01. The van der Waals surface area contributed by atoms with E-state index < -0.39 is 57.5 Å². The van der Waals surface area contributed by atoms with Crippen molar-refractivity contribution in [3.63, 3.8) is 0 Å². The standard InChI is InChI=1S/C22H22F6O/c1-2-3-4-5-6-12-7-8-13(19(25)18(12)24)15-10-9-14-16(22(15,27)28)11-17(23)21(29)20(14)26/h7-8,11,15,29H,2-6,9-10H2,1H3. The number of unbranched alkanes of at least 4 members (excludes halogenated alkanes) is 3. The smallest absolute Gasteiger partial charge is 0.280 e. The number of hydrogen-bond acceptors (Lipinski definition) is 1. The third-order valence-electron chi connectivity index (χ3n) is 5.64. The second kappa shape index (κ2) is 8.28. The highest BCUT2D eigenvalue weighted by Crippen LogP contribution is 2.51. The van der Waals surface area contributed by atoms with Gasteiger partial charge in [0.05, 0.1) is 5.92 Å². The first-order valence-electron chi connectivity index (χ1n) is 9.75. The lowest BCUT2D eigenvalue weighted by Gasteiger charge is -2.34. The lowest BCUT2D eigenvalue weighted by atomic mass is 9.76. The average molecular weight is 416 g/mol. The lowest BCUT2D eigenvalue weighted by molar-refractivity contribution is -0.0456. The van der Waals surface area contributed by atoms with Gasteiger partial charge in [-0.15, -0.1) is 0 Å². The molecule has 0 aliphatic heterocycles. The molecule has 0 aromatic heterocycles. The van der Waals surface area contributed by atoms with Gasteiger partial charge in [-0.3, -0.25) is 0 Å². The normalized spacial score (nSPS) is 18.0. The van der Waals surface area contributed by atoms with E-state index in [0.717, 1.165) is 25.3 Å². The van der Waals surface area contributed by atoms with Crippen LogP contribution in [-0.4, -0.2) is 5.11 Å². The van der Waals surface area contributed by atoms with E-state index in [1.54, 1.807) is 0 Å². The molecule has 0 spiro atoms. The highest BCUT2D eigenvalue weighted by Gasteiger charge is 2.49. The number of fused-ring (bicyclic) bond motifs is 1. The van der Waals surface area contributed by atoms with Crippen molar-refractivity contribution < 1.29 is 31.4 Å². The second-order valence-electron chi connectivity index (χ2n) is 7.51. The van der Waals surface area contributed by atoms with Gasteiger partial charge in [-0.1, -0.05) is 38.3 Å². The van der Waals surface area contributed by atoms with Crippen LogP contribution in [0.4, 0.5) is 26.3 Å². The number of phenolic OH excluding ortho intramolecular Hbond substituents is 1. The third-order valence-corrected chi connectivity index (χ3v) is 5.64. The Bertz CT molecular complexity index is 909. The van der Waals surface area contributed by atoms with Gasteiger partial charge in [-0.05, 0) is 37.3 Å². The van der Waals surface area contributed by atoms with Gasteiger partial charge >= 0.3 is 0 Å². The van der Waals surface area contributed by atoms with Crippen LogP contribution < -0.4 is 0 Å². The number of phenols is 1. The van der Waals surface area contributed by atoms with Crippen molar-refractivity contribution in [1.82, 2.24) is 0 Å². The third kappa shape index (κ3) is 3.83. The molecule has 0 fully saturated rings. The zero-order chi connectivity index (χ0) is 21.3. The van der Waals surface area contributed by atoms with Crippen molar-refractivity contribution in [3.05, 3.63) is 63.7 Å². The molecule has 1 atom stereocenters. The molecule has 0 radical (unpaired) electrons. The van der Waals surface area contributed by atoms with Crippen LogP contribution in [0.5, 0.6) is 5.75 Å². The van der Waals surface area contributed by atoms with E-state index in [2.05, 4.69) is 0 Å². The lowest BCUT2D eigenvalue weighted by Crippen LogP contribution is -2.32. The van der Waals surface area contributed by atoms with Gasteiger partial charge in [0.25, 0.3) is 5.92 Å². The molecule has 0 amide bonds. The van der Waals surface area contributed by atoms with E-state index in [1.807, 2.05) is 6.92 Å². The Kier molecular flexibility index (Phi) is 6.15. The number of rotatable bonds is 6. The Hall–Kier alpha value is -2.18. The van der Waals surface area contributed by atoms with Crippen LogP contribution in [0.15, 0.2) is 18.2 Å². The molecular formula is C22H22F6O. The summed E-state index contributed by atoms with van der Waals surface area (Å²) < 4.78 is 86.9. The topological polar surface area (TPSA) is 20.2 Å². The Morgan fingerprint density at radius 1 is 1.00 bits per heavy atom. The zero-order valence-electron chi connectivity index (χ0n) is 16.0. The molecule has 1 nitrogen and oxygen atoms in total. The van der Waals surface area contributed by atoms with Gasteiger partial charge in [-0.25, -0.2) is 26.3 Å². The minimum Gasteiger partial charge on any atom is -0.503 e. The monoisotopic (exact) mass is 416 g/mol. The van der Waals surface area contributed by atoms with E-state index in [9.17, 15) is 22.7 Å². The molecule has 0 bridgehead atoms. The number of aromatic hydroxyl groups is 1. The summed E-state index contributed by atoms with van der Waals surface area (Å²) >= 11 is 0. The zero-order valence-corrected chi connectivity index (χ0v) is 16.0. The molecule has 7 heteroatoms. The summed E-state index contributed by atoms with van der Waals surface area (Å²) in [6.45, 7) is 2.02. The van der Waals surface area contributed by atoms with Crippen molar-refractivity contribution >= 4 is 0 Å². The maximum absolute atomic E-state index is 15.0. The van der Waals surface area contributed by atoms with Gasteiger partial charge in [0.1, 0.15) is 0 Å². The molecule has 1 aliphatic rings. The summed E-state index contributed by atoms with van der Waals surface area (Å²) in [6.07, 6.45) is 3.18. The number of halogens is 6. The summed E-state index contributed by atoms with van der Waals surface area (Å²) in [5.74, 6) is -12.3. The van der Waals surface area contributed by atoms with Crippen LogP contribution in [0, 0.1) is 23.3 Å². The Morgan fingerprint density at radius 3 is 2.41 bits per heavy atom. The molecule has 1 unspecified atom stereocenters. The number of benzene rings is 2.